The van der Waals surface area contributed by atoms with Crippen molar-refractivity contribution in [2.45, 2.75) is 19.3 Å². The standard InChI is InChI=1S/C14H18N4OS.ClH/c15-6-5-13(19)16-10-3-4-11-12(9-10)20-14(17-11)18-7-1-2-8-18;/h3-4,9H,1-2,5-8,15H2,(H,16,19);1H. The predicted octanol–water partition coefficient (Wildman–Crippen LogP) is 2.61. The summed E-state index contributed by atoms with van der Waals surface area (Å²) in [5, 5.41) is 3.95. The van der Waals surface area contributed by atoms with E-state index in [0.29, 0.717) is 13.0 Å². The van der Waals surface area contributed by atoms with Crippen LogP contribution >= 0.6 is 23.7 Å². The van der Waals surface area contributed by atoms with Gasteiger partial charge in [0.15, 0.2) is 5.13 Å². The zero-order valence-electron chi connectivity index (χ0n) is 11.7. The fraction of sp³-hybridized carbons (Fsp3) is 0.429. The number of carbonyl (C=O) groups is 1. The molecule has 21 heavy (non-hydrogen) atoms. The van der Waals surface area contributed by atoms with Crippen molar-refractivity contribution in [3.63, 3.8) is 0 Å². The lowest BCUT2D eigenvalue weighted by Crippen LogP contribution is -2.16. The molecule has 0 bridgehead atoms. The van der Waals surface area contributed by atoms with Crippen LogP contribution in [0.25, 0.3) is 10.2 Å². The van der Waals surface area contributed by atoms with Crippen LogP contribution in [0.5, 0.6) is 0 Å². The Labute approximate surface area is 133 Å². The van der Waals surface area contributed by atoms with Crippen molar-refractivity contribution in [3.05, 3.63) is 18.2 Å². The van der Waals surface area contributed by atoms with Gasteiger partial charge in [0, 0.05) is 31.7 Å². The third-order valence-corrected chi connectivity index (χ3v) is 4.49. The van der Waals surface area contributed by atoms with Gasteiger partial charge < -0.3 is 16.0 Å². The van der Waals surface area contributed by atoms with Crippen LogP contribution in [0.2, 0.25) is 0 Å². The molecule has 2 aromatic rings. The molecule has 3 rings (SSSR count). The van der Waals surface area contributed by atoms with Gasteiger partial charge >= 0.3 is 0 Å². The Kier molecular flexibility index (Phi) is 5.39. The van der Waals surface area contributed by atoms with Crippen LogP contribution in [-0.2, 0) is 4.79 Å². The van der Waals surface area contributed by atoms with Crippen molar-refractivity contribution in [1.82, 2.24) is 4.98 Å². The van der Waals surface area contributed by atoms with Gasteiger partial charge in [-0.3, -0.25) is 4.79 Å². The molecule has 0 atom stereocenters. The molecule has 7 heteroatoms. The summed E-state index contributed by atoms with van der Waals surface area (Å²) >= 11 is 1.69. The first kappa shape index (κ1) is 16.0. The smallest absolute Gasteiger partial charge is 0.225 e. The van der Waals surface area contributed by atoms with Gasteiger partial charge in [-0.25, -0.2) is 4.98 Å². The number of fused-ring (bicyclic) bond motifs is 1. The number of carbonyl (C=O) groups excluding carboxylic acids is 1. The second-order valence-electron chi connectivity index (χ2n) is 4.96. The fourth-order valence-electron chi connectivity index (χ4n) is 2.39. The SMILES string of the molecule is Cl.NCCC(=O)Nc1ccc2nc(N3CCCC3)sc2c1. The van der Waals surface area contributed by atoms with Gasteiger partial charge in [-0.15, -0.1) is 12.4 Å². The third-order valence-electron chi connectivity index (χ3n) is 3.41. The Balaban J connectivity index is 0.00000161. The number of hydrogen-bond donors (Lipinski definition) is 2. The van der Waals surface area contributed by atoms with Gasteiger partial charge in [0.2, 0.25) is 5.91 Å². The highest BCUT2D eigenvalue weighted by molar-refractivity contribution is 7.22. The summed E-state index contributed by atoms with van der Waals surface area (Å²) in [5.41, 5.74) is 7.18. The summed E-state index contributed by atoms with van der Waals surface area (Å²) in [7, 11) is 0. The number of hydrogen-bond acceptors (Lipinski definition) is 5. The number of amides is 1. The number of aromatic nitrogens is 1. The molecule has 0 saturated carbocycles. The van der Waals surface area contributed by atoms with E-state index in [9.17, 15) is 4.79 Å². The number of rotatable bonds is 4. The number of thiazole rings is 1. The van der Waals surface area contributed by atoms with Gasteiger partial charge in [0.1, 0.15) is 0 Å². The summed E-state index contributed by atoms with van der Waals surface area (Å²) in [6.07, 6.45) is 2.84. The number of nitrogens with two attached hydrogens (primary N) is 1. The fourth-order valence-corrected chi connectivity index (χ4v) is 3.44. The maximum atomic E-state index is 11.6. The van der Waals surface area contributed by atoms with Gasteiger partial charge in [-0.05, 0) is 31.0 Å². The van der Waals surface area contributed by atoms with Crippen molar-refractivity contribution in [2.75, 3.05) is 29.9 Å². The zero-order valence-corrected chi connectivity index (χ0v) is 13.3. The summed E-state index contributed by atoms with van der Waals surface area (Å²) < 4.78 is 1.11. The Hall–Kier alpha value is -1.37. The molecule has 0 radical (unpaired) electrons. The summed E-state index contributed by atoms with van der Waals surface area (Å²) in [6, 6.07) is 5.84. The van der Waals surface area contributed by atoms with E-state index in [-0.39, 0.29) is 18.3 Å². The van der Waals surface area contributed by atoms with Gasteiger partial charge in [0.25, 0.3) is 0 Å². The molecule has 0 spiro atoms. The van der Waals surface area contributed by atoms with Crippen LogP contribution in [0.15, 0.2) is 18.2 Å². The lowest BCUT2D eigenvalue weighted by molar-refractivity contribution is -0.116. The van der Waals surface area contributed by atoms with Gasteiger partial charge in [-0.2, -0.15) is 0 Å². The van der Waals surface area contributed by atoms with E-state index in [1.807, 2.05) is 18.2 Å². The predicted molar refractivity (Wildman–Crippen MR) is 90.6 cm³/mol. The molecule has 1 aromatic carbocycles. The summed E-state index contributed by atoms with van der Waals surface area (Å²) in [6.45, 7) is 2.56. The third kappa shape index (κ3) is 3.64. The van der Waals surface area contributed by atoms with Crippen LogP contribution in [0.4, 0.5) is 10.8 Å². The highest BCUT2D eigenvalue weighted by Gasteiger charge is 2.16. The molecule has 1 aliphatic rings. The van der Waals surface area contributed by atoms with Crippen LogP contribution in [0, 0.1) is 0 Å². The van der Waals surface area contributed by atoms with E-state index in [1.165, 1.54) is 12.8 Å². The first-order chi connectivity index (χ1) is 9.76. The lowest BCUT2D eigenvalue weighted by atomic mass is 10.3. The van der Waals surface area contributed by atoms with E-state index in [1.54, 1.807) is 11.3 Å². The molecule has 1 aromatic heterocycles. The highest BCUT2D eigenvalue weighted by atomic mass is 35.5. The van der Waals surface area contributed by atoms with Crippen LogP contribution in [-0.4, -0.2) is 30.5 Å². The summed E-state index contributed by atoms with van der Waals surface area (Å²) in [4.78, 5) is 18.5. The first-order valence-electron chi connectivity index (χ1n) is 6.92. The average molecular weight is 327 g/mol. The van der Waals surface area contributed by atoms with Gasteiger partial charge in [-0.1, -0.05) is 11.3 Å². The zero-order chi connectivity index (χ0) is 13.9. The van der Waals surface area contributed by atoms with E-state index in [0.717, 1.165) is 34.1 Å². The Morgan fingerprint density at radius 1 is 1.38 bits per heavy atom. The molecular weight excluding hydrogens is 308 g/mol. The number of halogens is 1. The number of nitrogens with zero attached hydrogens (tertiary/aromatic N) is 2. The Morgan fingerprint density at radius 2 is 2.14 bits per heavy atom. The lowest BCUT2D eigenvalue weighted by Gasteiger charge is -2.11. The number of nitrogens with one attached hydrogen (secondary N) is 1. The van der Waals surface area contributed by atoms with E-state index >= 15 is 0 Å². The summed E-state index contributed by atoms with van der Waals surface area (Å²) in [5.74, 6) is -0.0452. The van der Waals surface area contributed by atoms with Crippen molar-refractivity contribution >= 4 is 50.7 Å². The topological polar surface area (TPSA) is 71.2 Å². The van der Waals surface area contributed by atoms with Gasteiger partial charge in [0.05, 0.1) is 10.2 Å². The number of benzene rings is 1. The van der Waals surface area contributed by atoms with Crippen LogP contribution < -0.4 is 16.0 Å². The maximum absolute atomic E-state index is 11.6. The molecule has 1 fully saturated rings. The normalized spacial score (nSPS) is 14.2. The molecule has 0 aliphatic carbocycles. The quantitative estimate of drug-likeness (QED) is 0.906. The minimum Gasteiger partial charge on any atom is -0.348 e. The maximum Gasteiger partial charge on any atom is 0.225 e. The molecule has 1 amide bonds. The minimum absolute atomic E-state index is 0. The Bertz CT molecular complexity index is 624. The molecule has 0 unspecified atom stereocenters. The molecule has 5 nitrogen and oxygen atoms in total. The van der Waals surface area contributed by atoms with Crippen molar-refractivity contribution in [1.29, 1.82) is 0 Å². The molecule has 2 heterocycles. The molecule has 3 N–H and O–H groups in total. The van der Waals surface area contributed by atoms with Crippen molar-refractivity contribution < 1.29 is 4.79 Å². The van der Waals surface area contributed by atoms with Crippen LogP contribution in [0.1, 0.15) is 19.3 Å². The molecular formula is C14H19ClN4OS. The van der Waals surface area contributed by atoms with Crippen molar-refractivity contribution in [3.8, 4) is 0 Å². The van der Waals surface area contributed by atoms with E-state index < -0.39 is 0 Å². The average Bonchev–Trinajstić information content (AvgIpc) is 3.07. The highest BCUT2D eigenvalue weighted by Crippen LogP contribution is 2.32. The minimum atomic E-state index is -0.0452. The number of anilines is 2. The van der Waals surface area contributed by atoms with E-state index in [2.05, 4.69) is 15.2 Å². The monoisotopic (exact) mass is 326 g/mol. The largest absolute Gasteiger partial charge is 0.348 e. The second kappa shape index (κ2) is 7.06. The molecule has 114 valence electrons. The first-order valence-corrected chi connectivity index (χ1v) is 7.73. The van der Waals surface area contributed by atoms with Crippen LogP contribution in [0.3, 0.4) is 0 Å². The van der Waals surface area contributed by atoms with E-state index in [4.69, 9.17) is 5.73 Å². The Morgan fingerprint density at radius 3 is 2.86 bits per heavy atom. The second-order valence-corrected chi connectivity index (χ2v) is 5.97. The molecule has 1 aliphatic heterocycles. The van der Waals surface area contributed by atoms with Crippen molar-refractivity contribution in [2.24, 2.45) is 5.73 Å². The molecule has 1 saturated heterocycles.